The topological polar surface area (TPSA) is 75.9 Å². The summed E-state index contributed by atoms with van der Waals surface area (Å²) in [4.78, 5) is 23.9. The smallest absolute Gasteiger partial charge is 0.317 e. The summed E-state index contributed by atoms with van der Waals surface area (Å²) in [5.74, 6) is 0.322. The van der Waals surface area contributed by atoms with Crippen LogP contribution in [0.4, 0.5) is 9.18 Å². The van der Waals surface area contributed by atoms with Crippen molar-refractivity contribution in [2.75, 3.05) is 13.1 Å². The maximum absolute atomic E-state index is 13.5. The Kier molecular flexibility index (Phi) is 6.83. The molecule has 2 aromatic heterocycles. The van der Waals surface area contributed by atoms with Crippen molar-refractivity contribution in [2.45, 2.75) is 63.3 Å². The van der Waals surface area contributed by atoms with Gasteiger partial charge in [0.2, 0.25) is 0 Å². The largest absolute Gasteiger partial charge is 0.335 e. The number of aromatic nitrogens is 4. The third-order valence-corrected chi connectivity index (χ3v) is 6.93. The van der Waals surface area contributed by atoms with E-state index in [1.807, 2.05) is 11.0 Å². The molecule has 34 heavy (non-hydrogen) atoms. The Hall–Kier alpha value is -3.29. The maximum atomic E-state index is 13.5. The van der Waals surface area contributed by atoms with Crippen LogP contribution < -0.4 is 5.32 Å². The van der Waals surface area contributed by atoms with Crippen molar-refractivity contribution in [3.8, 4) is 17.2 Å². The van der Waals surface area contributed by atoms with Gasteiger partial charge in [-0.15, -0.1) is 0 Å². The number of hydrogen-bond acceptors (Lipinski definition) is 4. The van der Waals surface area contributed by atoms with Crippen LogP contribution in [0, 0.1) is 5.82 Å². The van der Waals surface area contributed by atoms with Gasteiger partial charge in [-0.1, -0.05) is 25.7 Å². The number of piperidine rings is 1. The molecule has 1 unspecified atom stereocenters. The molecule has 0 spiro atoms. The molecule has 3 heterocycles. The number of halogens is 1. The molecule has 1 saturated carbocycles. The van der Waals surface area contributed by atoms with Crippen LogP contribution in [0.15, 0.2) is 48.8 Å². The Labute approximate surface area is 199 Å². The molecule has 178 valence electrons. The highest BCUT2D eigenvalue weighted by atomic mass is 19.1. The predicted octanol–water partition coefficient (Wildman–Crippen LogP) is 5.08. The van der Waals surface area contributed by atoms with Crippen LogP contribution in [0.2, 0.25) is 0 Å². The molecule has 8 heteroatoms. The molecule has 7 nitrogen and oxygen atoms in total. The van der Waals surface area contributed by atoms with Gasteiger partial charge in [0, 0.05) is 43.0 Å². The van der Waals surface area contributed by atoms with Gasteiger partial charge < -0.3 is 10.2 Å². The number of rotatable bonds is 4. The van der Waals surface area contributed by atoms with Gasteiger partial charge in [-0.05, 0) is 62.1 Å². The SMILES string of the molecule is O=C(NC1CCCCCC1)N1CCCC(c2cc(-c3ccc(F)cc3)nn2-c2ncccn2)C1. The number of nitrogens with one attached hydrogen (secondary N) is 1. The first kappa shape index (κ1) is 22.5. The lowest BCUT2D eigenvalue weighted by Crippen LogP contribution is -2.48. The van der Waals surface area contributed by atoms with E-state index in [4.69, 9.17) is 5.10 Å². The number of urea groups is 1. The molecular formula is C26H31FN6O. The van der Waals surface area contributed by atoms with Gasteiger partial charge in [-0.25, -0.2) is 23.8 Å². The van der Waals surface area contributed by atoms with Crippen LogP contribution in [0.1, 0.15) is 63.0 Å². The molecule has 2 fully saturated rings. The van der Waals surface area contributed by atoms with Crippen LogP contribution in [0.25, 0.3) is 17.2 Å². The zero-order valence-electron chi connectivity index (χ0n) is 19.4. The summed E-state index contributed by atoms with van der Waals surface area (Å²) in [6.45, 7) is 1.38. The summed E-state index contributed by atoms with van der Waals surface area (Å²) >= 11 is 0. The molecule has 2 aliphatic rings. The highest BCUT2D eigenvalue weighted by Crippen LogP contribution is 2.31. The lowest BCUT2D eigenvalue weighted by atomic mass is 9.94. The van der Waals surface area contributed by atoms with E-state index in [2.05, 4.69) is 15.3 Å². The molecule has 1 aliphatic carbocycles. The fourth-order valence-corrected chi connectivity index (χ4v) is 5.10. The highest BCUT2D eigenvalue weighted by Gasteiger charge is 2.29. The fourth-order valence-electron chi connectivity index (χ4n) is 5.10. The van der Waals surface area contributed by atoms with Crippen molar-refractivity contribution in [1.29, 1.82) is 0 Å². The van der Waals surface area contributed by atoms with E-state index in [1.165, 1.54) is 37.8 Å². The van der Waals surface area contributed by atoms with E-state index in [1.54, 1.807) is 35.3 Å². The van der Waals surface area contributed by atoms with Crippen molar-refractivity contribution >= 4 is 6.03 Å². The van der Waals surface area contributed by atoms with Gasteiger partial charge >= 0.3 is 6.03 Å². The average Bonchev–Trinajstić information content (AvgIpc) is 3.16. The lowest BCUT2D eigenvalue weighted by molar-refractivity contribution is 0.173. The van der Waals surface area contributed by atoms with Gasteiger partial charge in [0.1, 0.15) is 5.82 Å². The van der Waals surface area contributed by atoms with E-state index in [0.717, 1.165) is 49.2 Å². The first-order valence-corrected chi connectivity index (χ1v) is 12.4. The van der Waals surface area contributed by atoms with Gasteiger partial charge in [0.05, 0.1) is 11.4 Å². The maximum Gasteiger partial charge on any atom is 0.317 e. The van der Waals surface area contributed by atoms with Crippen molar-refractivity contribution in [2.24, 2.45) is 0 Å². The third kappa shape index (κ3) is 5.11. The standard InChI is InChI=1S/C26H31FN6O/c27-21-12-10-19(11-13-21)23-17-24(33(31-23)25-28-14-6-15-29-25)20-7-5-16-32(18-20)26(34)30-22-8-3-1-2-4-9-22/h6,10-15,17,20,22H,1-5,7-9,16,18H2,(H,30,34). The first-order valence-electron chi connectivity index (χ1n) is 12.4. The minimum absolute atomic E-state index is 0.0392. The molecule has 1 saturated heterocycles. The normalized spacial score (nSPS) is 19.6. The Morgan fingerprint density at radius 2 is 1.71 bits per heavy atom. The van der Waals surface area contributed by atoms with Crippen LogP contribution in [0.3, 0.4) is 0 Å². The van der Waals surface area contributed by atoms with Crippen LogP contribution in [-0.4, -0.2) is 49.8 Å². The van der Waals surface area contributed by atoms with Gasteiger partial charge in [0.25, 0.3) is 5.95 Å². The number of amides is 2. The molecular weight excluding hydrogens is 431 g/mol. The van der Waals surface area contributed by atoms with Crippen molar-refractivity contribution < 1.29 is 9.18 Å². The lowest BCUT2D eigenvalue weighted by Gasteiger charge is -2.34. The van der Waals surface area contributed by atoms with Gasteiger partial charge in [-0.2, -0.15) is 5.10 Å². The number of nitrogens with zero attached hydrogens (tertiary/aromatic N) is 5. The molecule has 2 amide bonds. The third-order valence-electron chi connectivity index (χ3n) is 6.93. The zero-order chi connectivity index (χ0) is 23.3. The Morgan fingerprint density at radius 1 is 0.971 bits per heavy atom. The summed E-state index contributed by atoms with van der Waals surface area (Å²) < 4.78 is 15.2. The number of carbonyl (C=O) groups is 1. The highest BCUT2D eigenvalue weighted by molar-refractivity contribution is 5.74. The number of hydrogen-bond donors (Lipinski definition) is 1. The van der Waals surface area contributed by atoms with Crippen molar-refractivity contribution in [3.05, 3.63) is 60.3 Å². The summed E-state index contributed by atoms with van der Waals surface area (Å²) in [6, 6.07) is 10.5. The summed E-state index contributed by atoms with van der Waals surface area (Å²) in [6.07, 6.45) is 12.3. The predicted molar refractivity (Wildman–Crippen MR) is 128 cm³/mol. The van der Waals surface area contributed by atoms with Crippen LogP contribution in [0.5, 0.6) is 0 Å². The Balaban J connectivity index is 1.39. The molecule has 1 aliphatic heterocycles. The monoisotopic (exact) mass is 462 g/mol. The average molecular weight is 463 g/mol. The molecule has 1 aromatic carbocycles. The quantitative estimate of drug-likeness (QED) is 0.549. The van der Waals surface area contributed by atoms with E-state index < -0.39 is 0 Å². The number of benzene rings is 1. The van der Waals surface area contributed by atoms with Crippen molar-refractivity contribution in [3.63, 3.8) is 0 Å². The fraction of sp³-hybridized carbons (Fsp3) is 0.462. The minimum Gasteiger partial charge on any atom is -0.335 e. The van der Waals surface area contributed by atoms with E-state index >= 15 is 0 Å². The van der Waals surface area contributed by atoms with E-state index in [-0.39, 0.29) is 23.8 Å². The minimum atomic E-state index is -0.280. The van der Waals surface area contributed by atoms with Crippen molar-refractivity contribution in [1.82, 2.24) is 30.0 Å². The van der Waals surface area contributed by atoms with Crippen LogP contribution >= 0.6 is 0 Å². The first-order chi connectivity index (χ1) is 16.7. The van der Waals surface area contributed by atoms with Gasteiger partial charge in [-0.3, -0.25) is 0 Å². The molecule has 0 radical (unpaired) electrons. The number of likely N-dealkylation sites (tertiary alicyclic amines) is 1. The molecule has 1 atom stereocenters. The zero-order valence-corrected chi connectivity index (χ0v) is 19.4. The molecule has 0 bridgehead atoms. The summed E-state index contributed by atoms with van der Waals surface area (Å²) in [5.41, 5.74) is 2.54. The Morgan fingerprint density at radius 3 is 2.44 bits per heavy atom. The second-order valence-corrected chi connectivity index (χ2v) is 9.35. The van der Waals surface area contributed by atoms with Gasteiger partial charge in [0.15, 0.2) is 0 Å². The molecule has 1 N–H and O–H groups in total. The van der Waals surface area contributed by atoms with Crippen LogP contribution in [-0.2, 0) is 0 Å². The van der Waals surface area contributed by atoms with E-state index in [0.29, 0.717) is 12.5 Å². The second kappa shape index (κ2) is 10.3. The number of carbonyl (C=O) groups excluding carboxylic acids is 1. The Bertz CT molecular complexity index is 1090. The van der Waals surface area contributed by atoms with E-state index in [9.17, 15) is 9.18 Å². The molecule has 3 aromatic rings. The second-order valence-electron chi connectivity index (χ2n) is 9.35. The molecule has 5 rings (SSSR count). The summed E-state index contributed by atoms with van der Waals surface area (Å²) in [5, 5.41) is 8.07. The summed E-state index contributed by atoms with van der Waals surface area (Å²) in [7, 11) is 0.